The predicted molar refractivity (Wildman–Crippen MR) is 304 cm³/mol. The van der Waals surface area contributed by atoms with Crippen LogP contribution in [0.25, 0.3) is 132 Å². The van der Waals surface area contributed by atoms with Gasteiger partial charge in [0, 0.05) is 54.5 Å². The Balaban J connectivity index is 0.860. The lowest BCUT2D eigenvalue weighted by Crippen LogP contribution is -2.04. The Hall–Kier alpha value is -10.4. The van der Waals surface area contributed by atoms with Gasteiger partial charge in [0.1, 0.15) is 12.1 Å². The van der Waals surface area contributed by atoms with E-state index < -0.39 is 0 Å². The molecule has 0 aliphatic rings. The van der Waals surface area contributed by atoms with E-state index in [1.807, 2.05) is 24.3 Å². The van der Waals surface area contributed by atoms with E-state index in [1.165, 1.54) is 32.6 Å². The molecule has 0 amide bonds. The molecule has 0 N–H and O–H groups in total. The lowest BCUT2D eigenvalue weighted by molar-refractivity contribution is 1.12. The normalized spacial score (nSPS) is 11.8. The van der Waals surface area contributed by atoms with Crippen LogP contribution in [0.1, 0.15) is 11.1 Å². The molecule has 0 saturated heterocycles. The molecule has 0 aliphatic heterocycles. The summed E-state index contributed by atoms with van der Waals surface area (Å²) in [6.45, 7) is 0. The van der Waals surface area contributed by atoms with Gasteiger partial charge < -0.3 is 18.3 Å². The highest BCUT2D eigenvalue weighted by Gasteiger charge is 2.23. The molecule has 4 aromatic heterocycles. The molecule has 0 saturated carbocycles. The minimum Gasteiger partial charge on any atom is -0.309 e. The van der Waals surface area contributed by atoms with Gasteiger partial charge in [0.15, 0.2) is 0 Å². The maximum absolute atomic E-state index is 11.1. The molecule has 6 nitrogen and oxygen atoms in total. The van der Waals surface area contributed by atoms with Gasteiger partial charge in [-0.05, 0) is 131 Å². The van der Waals surface area contributed by atoms with E-state index in [4.69, 9.17) is 0 Å². The Bertz CT molecular complexity index is 4600. The molecule has 4 heterocycles. The van der Waals surface area contributed by atoms with E-state index >= 15 is 0 Å². The van der Waals surface area contributed by atoms with Crippen molar-refractivity contribution in [3.8, 4) is 57.1 Å². The molecule has 11 aromatic carbocycles. The zero-order valence-electron chi connectivity index (χ0n) is 39.8. The molecule has 6 heteroatoms. The first-order valence-corrected chi connectivity index (χ1v) is 24.9. The van der Waals surface area contributed by atoms with Crippen LogP contribution in [0, 0.1) is 22.7 Å². The molecule has 342 valence electrons. The molecular formula is C68H40N6. The first kappa shape index (κ1) is 41.4. The molecule has 15 rings (SSSR count). The summed E-state index contributed by atoms with van der Waals surface area (Å²) in [4.78, 5) is 0. The van der Waals surface area contributed by atoms with Crippen LogP contribution < -0.4 is 0 Å². The fourth-order valence-corrected chi connectivity index (χ4v) is 12.0. The number of para-hydroxylation sites is 6. The Kier molecular flexibility index (Phi) is 8.99. The van der Waals surface area contributed by atoms with Crippen molar-refractivity contribution in [3.05, 3.63) is 254 Å². The van der Waals surface area contributed by atoms with Gasteiger partial charge in [0.2, 0.25) is 0 Å². The second kappa shape index (κ2) is 16.1. The van der Waals surface area contributed by atoms with Crippen molar-refractivity contribution in [1.82, 2.24) is 18.3 Å². The quantitative estimate of drug-likeness (QED) is 0.167. The molecule has 15 aromatic rings. The van der Waals surface area contributed by atoms with Gasteiger partial charge in [0.25, 0.3) is 0 Å². The van der Waals surface area contributed by atoms with Crippen LogP contribution in [-0.4, -0.2) is 18.3 Å². The maximum atomic E-state index is 11.1. The van der Waals surface area contributed by atoms with Gasteiger partial charge >= 0.3 is 0 Å². The monoisotopic (exact) mass is 940 g/mol. The van der Waals surface area contributed by atoms with Crippen molar-refractivity contribution >= 4 is 87.2 Å². The van der Waals surface area contributed by atoms with Gasteiger partial charge in [0.05, 0.1) is 66.6 Å². The van der Waals surface area contributed by atoms with E-state index in [0.717, 1.165) is 88.3 Å². The van der Waals surface area contributed by atoms with Crippen molar-refractivity contribution < 1.29 is 0 Å². The molecule has 0 atom stereocenters. The summed E-state index contributed by atoms with van der Waals surface area (Å²) < 4.78 is 8.98. The minimum atomic E-state index is 0.469. The number of benzene rings is 11. The molecule has 0 fully saturated rings. The summed E-state index contributed by atoms with van der Waals surface area (Å²) in [5.74, 6) is 0. The fraction of sp³-hybridized carbons (Fsp3) is 0. The van der Waals surface area contributed by atoms with E-state index in [2.05, 4.69) is 249 Å². The Morgan fingerprint density at radius 2 is 0.486 bits per heavy atom. The van der Waals surface area contributed by atoms with Gasteiger partial charge in [-0.25, -0.2) is 0 Å². The zero-order valence-corrected chi connectivity index (χ0v) is 39.8. The lowest BCUT2D eigenvalue weighted by atomic mass is 10.0. The highest BCUT2D eigenvalue weighted by atomic mass is 15.0. The summed E-state index contributed by atoms with van der Waals surface area (Å²) in [7, 11) is 0. The zero-order chi connectivity index (χ0) is 49.0. The highest BCUT2D eigenvalue weighted by Crippen LogP contribution is 2.42. The summed E-state index contributed by atoms with van der Waals surface area (Å²) in [5.41, 5.74) is 17.4. The smallest absolute Gasteiger partial charge is 0.101 e. The summed E-state index contributed by atoms with van der Waals surface area (Å²) in [6, 6.07) is 90.6. The van der Waals surface area contributed by atoms with Gasteiger partial charge in [-0.15, -0.1) is 0 Å². The number of nitrogens with zero attached hydrogens (tertiary/aromatic N) is 6. The van der Waals surface area contributed by atoms with Crippen LogP contribution in [0.4, 0.5) is 0 Å². The van der Waals surface area contributed by atoms with Crippen LogP contribution >= 0.6 is 0 Å². The predicted octanol–water partition coefficient (Wildman–Crippen LogP) is 17.2. The largest absolute Gasteiger partial charge is 0.309 e. The van der Waals surface area contributed by atoms with Crippen molar-refractivity contribution in [1.29, 1.82) is 10.5 Å². The molecule has 74 heavy (non-hydrogen) atoms. The number of aromatic nitrogens is 4. The lowest BCUT2D eigenvalue weighted by Gasteiger charge is -2.16. The van der Waals surface area contributed by atoms with Crippen LogP contribution in [0.15, 0.2) is 243 Å². The van der Waals surface area contributed by atoms with E-state index in [-0.39, 0.29) is 0 Å². The summed E-state index contributed by atoms with van der Waals surface area (Å²) in [5, 5.41) is 31.3. The molecule has 0 unspecified atom stereocenters. The number of rotatable bonds is 6. The average molecular weight is 941 g/mol. The number of fused-ring (bicyclic) bond motifs is 12. The topological polar surface area (TPSA) is 67.3 Å². The van der Waals surface area contributed by atoms with Crippen LogP contribution in [-0.2, 0) is 0 Å². The Labute approximate surface area is 424 Å². The SMILES string of the molecule is N#Cc1cc(-n2c3ccccc3c3cc(-c4ccc5c(c4)c4ccccc4n5-c4ccccc4)ccc32)c(C#N)cc1-n1c2ccccc2c2cc(-c3ccc4c(c3)c3ccccc3n4-c3ccccc3)ccc21. The Morgan fingerprint density at radius 1 is 0.230 bits per heavy atom. The summed E-state index contributed by atoms with van der Waals surface area (Å²) in [6.07, 6.45) is 0. The number of hydrogen-bond donors (Lipinski definition) is 0. The van der Waals surface area contributed by atoms with Crippen LogP contribution in [0.3, 0.4) is 0 Å². The van der Waals surface area contributed by atoms with Gasteiger partial charge in [-0.3, -0.25) is 0 Å². The van der Waals surface area contributed by atoms with Crippen molar-refractivity contribution in [2.45, 2.75) is 0 Å². The van der Waals surface area contributed by atoms with Crippen LogP contribution in [0.5, 0.6) is 0 Å². The third kappa shape index (κ3) is 6.04. The van der Waals surface area contributed by atoms with Gasteiger partial charge in [-0.2, -0.15) is 10.5 Å². The van der Waals surface area contributed by atoms with Gasteiger partial charge in [-0.1, -0.05) is 133 Å². The molecular weight excluding hydrogens is 901 g/mol. The maximum Gasteiger partial charge on any atom is 0.101 e. The van der Waals surface area contributed by atoms with E-state index in [1.54, 1.807) is 0 Å². The third-order valence-corrected chi connectivity index (χ3v) is 15.2. The van der Waals surface area contributed by atoms with E-state index in [0.29, 0.717) is 22.5 Å². The second-order valence-corrected chi connectivity index (χ2v) is 19.1. The standard InChI is InChI=1S/C68H40N6/c69-41-47-40-68(74-62-26-14-10-22-54(62)58-38-46(30-34-66(58)74)44-28-32-64-56(36-44)52-20-8-12-24-60(52)72(64)50-17-5-2-6-18-50)48(42-70)39-67(47)73-61-25-13-9-21-53(61)57-37-45(29-33-65(57)73)43-27-31-63-55(35-43)51-19-7-11-23-59(51)71(63)49-15-3-1-4-16-49/h1-40H. The molecule has 0 radical (unpaired) electrons. The number of nitriles is 2. The highest BCUT2D eigenvalue weighted by molar-refractivity contribution is 6.15. The second-order valence-electron chi connectivity index (χ2n) is 19.1. The first-order chi connectivity index (χ1) is 36.6. The van der Waals surface area contributed by atoms with Crippen LogP contribution in [0.2, 0.25) is 0 Å². The average Bonchev–Trinajstić information content (AvgIpc) is 4.20. The molecule has 0 bridgehead atoms. The third-order valence-electron chi connectivity index (χ3n) is 15.2. The number of hydrogen-bond acceptors (Lipinski definition) is 2. The fourth-order valence-electron chi connectivity index (χ4n) is 12.0. The molecule has 0 spiro atoms. The summed E-state index contributed by atoms with van der Waals surface area (Å²) >= 11 is 0. The van der Waals surface area contributed by atoms with Crippen molar-refractivity contribution in [2.75, 3.05) is 0 Å². The first-order valence-electron chi connectivity index (χ1n) is 24.9. The van der Waals surface area contributed by atoms with Crippen molar-refractivity contribution in [2.24, 2.45) is 0 Å². The van der Waals surface area contributed by atoms with E-state index in [9.17, 15) is 10.5 Å². The minimum absolute atomic E-state index is 0.469. The van der Waals surface area contributed by atoms with Crippen molar-refractivity contribution in [3.63, 3.8) is 0 Å². The Morgan fingerprint density at radius 3 is 0.797 bits per heavy atom. The molecule has 0 aliphatic carbocycles.